The maximum atomic E-state index is 10.1. The second-order valence-electron chi connectivity index (χ2n) is 4.35. The van der Waals surface area contributed by atoms with Gasteiger partial charge in [0.25, 0.3) is 0 Å². The second-order valence-corrected chi connectivity index (χ2v) is 4.78. The van der Waals surface area contributed by atoms with Crippen LogP contribution in [0.1, 0.15) is 12.1 Å². The Kier molecular flexibility index (Phi) is 3.22. The number of aliphatic hydroxyl groups excluding tert-OH is 1. The molecule has 0 fully saturated rings. The summed E-state index contributed by atoms with van der Waals surface area (Å²) in [5.74, 6) is 0.341. The van der Waals surface area contributed by atoms with E-state index in [1.54, 1.807) is 12.1 Å². The Balaban J connectivity index is 1.86. The largest absolute Gasteiger partial charge is 0.506 e. The molecule has 0 amide bonds. The van der Waals surface area contributed by atoms with Gasteiger partial charge < -0.3 is 20.5 Å². The normalized spacial score (nSPS) is 12.5. The van der Waals surface area contributed by atoms with Crippen LogP contribution in [0.25, 0.3) is 11.0 Å². The third-order valence-corrected chi connectivity index (χ3v) is 3.15. The van der Waals surface area contributed by atoms with E-state index < -0.39 is 6.23 Å². The molecular weight excluding hydrogens is 278 g/mol. The highest BCUT2D eigenvalue weighted by molar-refractivity contribution is 6.30. The monoisotopic (exact) mass is 289 g/mol. The number of imidazole rings is 1. The van der Waals surface area contributed by atoms with Gasteiger partial charge in [-0.15, -0.1) is 0 Å². The Morgan fingerprint density at radius 2 is 2.00 bits per heavy atom. The number of aromatic amines is 1. The first-order chi connectivity index (χ1) is 9.63. The highest BCUT2D eigenvalue weighted by atomic mass is 35.5. The van der Waals surface area contributed by atoms with Gasteiger partial charge in [0, 0.05) is 11.1 Å². The molecule has 0 bridgehead atoms. The molecule has 0 aliphatic heterocycles. The summed E-state index contributed by atoms with van der Waals surface area (Å²) >= 11 is 5.76. The van der Waals surface area contributed by atoms with Gasteiger partial charge in [0.15, 0.2) is 12.1 Å². The van der Waals surface area contributed by atoms with Crippen LogP contribution < -0.4 is 5.32 Å². The molecule has 1 atom stereocenters. The number of H-pyrrole nitrogens is 1. The lowest BCUT2D eigenvalue weighted by Crippen LogP contribution is -2.11. The Bertz CT molecular complexity index is 724. The summed E-state index contributed by atoms with van der Waals surface area (Å²) < 4.78 is 0. The number of phenols is 1. The first kappa shape index (κ1) is 12.8. The van der Waals surface area contributed by atoms with Gasteiger partial charge in [-0.05, 0) is 24.3 Å². The molecule has 1 aromatic heterocycles. The molecule has 3 rings (SSSR count). The summed E-state index contributed by atoms with van der Waals surface area (Å²) in [5.41, 5.74) is 1.98. The average molecular weight is 290 g/mol. The molecule has 0 aliphatic rings. The van der Waals surface area contributed by atoms with Crippen LogP contribution in [-0.2, 0) is 0 Å². The van der Waals surface area contributed by atoms with Gasteiger partial charge in [0.2, 0.25) is 0 Å². The Morgan fingerprint density at radius 3 is 2.75 bits per heavy atom. The van der Waals surface area contributed by atoms with Gasteiger partial charge >= 0.3 is 0 Å². The van der Waals surface area contributed by atoms with E-state index in [0.717, 1.165) is 11.0 Å². The number of aliphatic hydroxyl groups is 1. The van der Waals surface area contributed by atoms with Crippen LogP contribution in [0.5, 0.6) is 5.75 Å². The van der Waals surface area contributed by atoms with E-state index in [2.05, 4.69) is 15.3 Å². The van der Waals surface area contributed by atoms with Crippen molar-refractivity contribution >= 4 is 28.3 Å². The number of nitrogens with one attached hydrogen (secondary N) is 2. The van der Waals surface area contributed by atoms with Crippen LogP contribution in [0.3, 0.4) is 0 Å². The van der Waals surface area contributed by atoms with Gasteiger partial charge in [-0.25, -0.2) is 4.98 Å². The Labute approximate surface area is 119 Å². The maximum absolute atomic E-state index is 10.1. The van der Waals surface area contributed by atoms with Crippen molar-refractivity contribution in [1.82, 2.24) is 9.97 Å². The van der Waals surface area contributed by atoms with Crippen molar-refractivity contribution in [2.45, 2.75) is 6.23 Å². The van der Waals surface area contributed by atoms with Crippen molar-refractivity contribution in [3.05, 3.63) is 53.3 Å². The molecule has 6 heteroatoms. The van der Waals surface area contributed by atoms with E-state index in [4.69, 9.17) is 11.6 Å². The van der Waals surface area contributed by atoms with Gasteiger partial charge in [-0.1, -0.05) is 23.7 Å². The molecule has 20 heavy (non-hydrogen) atoms. The van der Waals surface area contributed by atoms with E-state index in [-0.39, 0.29) is 5.75 Å². The molecule has 4 N–H and O–H groups in total. The number of benzene rings is 2. The number of phenolic OH excluding ortho intramolecular Hbond substituents is 1. The molecule has 0 aliphatic carbocycles. The van der Waals surface area contributed by atoms with Crippen LogP contribution in [0.2, 0.25) is 5.02 Å². The SMILES string of the molecule is Oc1cc(Cl)ccc1NC(O)c1nc2ccccc2[nH]1. The second kappa shape index (κ2) is 5.03. The van der Waals surface area contributed by atoms with Crippen LogP contribution in [0, 0.1) is 0 Å². The molecule has 0 radical (unpaired) electrons. The van der Waals surface area contributed by atoms with Crippen molar-refractivity contribution in [2.75, 3.05) is 5.32 Å². The molecule has 0 saturated carbocycles. The molecule has 1 heterocycles. The number of nitrogens with zero attached hydrogens (tertiary/aromatic N) is 1. The zero-order valence-corrected chi connectivity index (χ0v) is 11.1. The van der Waals surface area contributed by atoms with E-state index >= 15 is 0 Å². The molecule has 2 aromatic carbocycles. The van der Waals surface area contributed by atoms with Gasteiger partial charge in [-0.2, -0.15) is 0 Å². The number of halogens is 1. The third kappa shape index (κ3) is 2.41. The lowest BCUT2D eigenvalue weighted by molar-refractivity contribution is 0.199. The van der Waals surface area contributed by atoms with Crippen molar-refractivity contribution < 1.29 is 10.2 Å². The molecule has 3 aromatic rings. The van der Waals surface area contributed by atoms with Crippen molar-refractivity contribution in [2.24, 2.45) is 0 Å². The fourth-order valence-electron chi connectivity index (χ4n) is 1.94. The number of hydrogen-bond donors (Lipinski definition) is 4. The number of hydrogen-bond acceptors (Lipinski definition) is 4. The first-order valence-corrected chi connectivity index (χ1v) is 6.39. The van der Waals surface area contributed by atoms with E-state index in [1.165, 1.54) is 6.07 Å². The zero-order valence-electron chi connectivity index (χ0n) is 10.3. The maximum Gasteiger partial charge on any atom is 0.184 e. The summed E-state index contributed by atoms with van der Waals surface area (Å²) in [6, 6.07) is 12.1. The lowest BCUT2D eigenvalue weighted by Gasteiger charge is -2.13. The smallest absolute Gasteiger partial charge is 0.184 e. The number of anilines is 1. The summed E-state index contributed by atoms with van der Waals surface area (Å²) in [6.07, 6.45) is -1.06. The predicted octanol–water partition coefficient (Wildman–Crippen LogP) is 3.02. The minimum absolute atomic E-state index is 0.0346. The molecule has 1 unspecified atom stereocenters. The topological polar surface area (TPSA) is 81.2 Å². The van der Waals surface area contributed by atoms with Crippen LogP contribution in [0.15, 0.2) is 42.5 Å². The van der Waals surface area contributed by atoms with E-state index in [9.17, 15) is 10.2 Å². The summed E-state index contributed by atoms with van der Waals surface area (Å²) in [4.78, 5) is 7.30. The molecular formula is C14H12ClN3O2. The number of aromatic hydroxyl groups is 1. The van der Waals surface area contributed by atoms with Crippen LogP contribution in [0.4, 0.5) is 5.69 Å². The van der Waals surface area contributed by atoms with Crippen molar-refractivity contribution in [3.8, 4) is 5.75 Å². The molecule has 0 saturated heterocycles. The van der Waals surface area contributed by atoms with Gasteiger partial charge in [0.05, 0.1) is 16.7 Å². The molecule has 5 nitrogen and oxygen atoms in total. The fourth-order valence-corrected chi connectivity index (χ4v) is 2.11. The minimum Gasteiger partial charge on any atom is -0.506 e. The number of para-hydroxylation sites is 2. The van der Waals surface area contributed by atoms with Gasteiger partial charge in [0.1, 0.15) is 5.75 Å². The fraction of sp³-hybridized carbons (Fsp3) is 0.0714. The van der Waals surface area contributed by atoms with E-state index in [0.29, 0.717) is 16.5 Å². The minimum atomic E-state index is -1.06. The molecule has 0 spiro atoms. The summed E-state index contributed by atoms with van der Waals surface area (Å²) in [5, 5.41) is 23.0. The van der Waals surface area contributed by atoms with Crippen LogP contribution >= 0.6 is 11.6 Å². The summed E-state index contributed by atoms with van der Waals surface area (Å²) in [6.45, 7) is 0. The average Bonchev–Trinajstić information content (AvgIpc) is 2.86. The third-order valence-electron chi connectivity index (χ3n) is 2.92. The van der Waals surface area contributed by atoms with Crippen molar-refractivity contribution in [1.29, 1.82) is 0 Å². The highest BCUT2D eigenvalue weighted by Gasteiger charge is 2.14. The highest BCUT2D eigenvalue weighted by Crippen LogP contribution is 2.29. The first-order valence-electron chi connectivity index (χ1n) is 6.01. The molecule has 102 valence electrons. The predicted molar refractivity (Wildman–Crippen MR) is 77.8 cm³/mol. The number of aromatic nitrogens is 2. The summed E-state index contributed by atoms with van der Waals surface area (Å²) in [7, 11) is 0. The number of fused-ring (bicyclic) bond motifs is 1. The standard InChI is InChI=1S/C14H12ClN3O2/c15-8-5-6-11(12(19)7-8)18-14(20)13-16-9-3-1-2-4-10(9)17-13/h1-7,14,18-20H,(H,16,17). The zero-order chi connectivity index (χ0) is 14.1. The lowest BCUT2D eigenvalue weighted by atomic mass is 10.3. The Morgan fingerprint density at radius 1 is 1.20 bits per heavy atom. The Hall–Kier alpha value is -2.24. The van der Waals surface area contributed by atoms with E-state index in [1.807, 2.05) is 24.3 Å². The van der Waals surface area contributed by atoms with Gasteiger partial charge in [-0.3, -0.25) is 0 Å². The number of rotatable bonds is 3. The quantitative estimate of drug-likeness (QED) is 0.441. The van der Waals surface area contributed by atoms with Crippen molar-refractivity contribution in [3.63, 3.8) is 0 Å². The van der Waals surface area contributed by atoms with Crippen LogP contribution in [-0.4, -0.2) is 20.2 Å².